The Morgan fingerprint density at radius 1 is 1.13 bits per heavy atom. The highest BCUT2D eigenvalue weighted by Gasteiger charge is 2.34. The summed E-state index contributed by atoms with van der Waals surface area (Å²) in [6.45, 7) is 7.42. The molecule has 0 radical (unpaired) electrons. The first-order chi connectivity index (χ1) is 14.7. The number of sulfonamides is 1. The van der Waals surface area contributed by atoms with Crippen molar-refractivity contribution in [2.24, 2.45) is 0 Å². The molecular weight excluding hydrogens is 421 g/mol. The van der Waals surface area contributed by atoms with E-state index in [0.717, 1.165) is 5.82 Å². The second-order valence-electron chi connectivity index (χ2n) is 8.58. The van der Waals surface area contributed by atoms with Crippen LogP contribution in [0, 0.1) is 12.7 Å². The van der Waals surface area contributed by atoms with E-state index in [4.69, 9.17) is 0 Å². The van der Waals surface area contributed by atoms with Crippen LogP contribution in [0.25, 0.3) is 0 Å². The first-order valence-electron chi connectivity index (χ1n) is 10.6. The van der Waals surface area contributed by atoms with Gasteiger partial charge in [0.1, 0.15) is 11.6 Å². The van der Waals surface area contributed by atoms with E-state index in [2.05, 4.69) is 14.8 Å². The number of aryl methyl sites for hydroxylation is 1. The number of nitrogens with zero attached hydrogens (tertiary/aromatic N) is 5. The molecule has 1 saturated heterocycles. The molecule has 1 fully saturated rings. The van der Waals surface area contributed by atoms with Crippen LogP contribution in [0.3, 0.4) is 0 Å². The van der Waals surface area contributed by atoms with Crippen LogP contribution in [0.2, 0.25) is 0 Å². The Morgan fingerprint density at radius 3 is 2.48 bits per heavy atom. The van der Waals surface area contributed by atoms with Crippen molar-refractivity contribution in [1.82, 2.24) is 24.0 Å². The van der Waals surface area contributed by atoms with E-state index < -0.39 is 15.3 Å². The summed E-state index contributed by atoms with van der Waals surface area (Å²) in [7, 11) is -3.24. The standard InChI is InChI=1S/C21H28FN5O3S/c1-14(2)31(29,30)26-8-6-16(7-9-26)20-24-23-19-13-25(10-11-27(19)20)21(28)17-5-4-15(3)18(22)12-17/h4-5,12,14,16H,6-11,13H2,1-3H3. The molecule has 1 aromatic carbocycles. The molecule has 8 nitrogen and oxygen atoms in total. The minimum atomic E-state index is -3.24. The number of carbonyl (C=O) groups excluding carboxylic acids is 1. The molecule has 2 aliphatic heterocycles. The first kappa shape index (κ1) is 21.9. The first-order valence-corrected chi connectivity index (χ1v) is 12.1. The summed E-state index contributed by atoms with van der Waals surface area (Å²) < 4.78 is 42.3. The van der Waals surface area contributed by atoms with Crippen molar-refractivity contribution in [3.8, 4) is 0 Å². The summed E-state index contributed by atoms with van der Waals surface area (Å²) in [6.07, 6.45) is 1.41. The maximum atomic E-state index is 13.9. The highest BCUT2D eigenvalue weighted by molar-refractivity contribution is 7.89. The van der Waals surface area contributed by atoms with E-state index in [1.165, 1.54) is 6.07 Å². The summed E-state index contributed by atoms with van der Waals surface area (Å²) in [5.41, 5.74) is 0.835. The largest absolute Gasteiger partial charge is 0.329 e. The molecule has 1 aromatic heterocycles. The Morgan fingerprint density at radius 2 is 1.84 bits per heavy atom. The molecule has 0 bridgehead atoms. The van der Waals surface area contributed by atoms with Crippen molar-refractivity contribution >= 4 is 15.9 Å². The summed E-state index contributed by atoms with van der Waals surface area (Å²) in [5, 5.41) is 8.26. The molecule has 0 saturated carbocycles. The van der Waals surface area contributed by atoms with E-state index in [1.807, 2.05) is 0 Å². The lowest BCUT2D eigenvalue weighted by molar-refractivity contribution is 0.0705. The van der Waals surface area contributed by atoms with Crippen LogP contribution in [0.4, 0.5) is 4.39 Å². The Bertz CT molecular complexity index is 1090. The van der Waals surface area contributed by atoms with E-state index in [-0.39, 0.29) is 17.6 Å². The molecule has 1 amide bonds. The number of piperidine rings is 1. The molecule has 10 heteroatoms. The van der Waals surface area contributed by atoms with Crippen LogP contribution in [0.15, 0.2) is 18.2 Å². The Kier molecular flexibility index (Phi) is 5.87. The third-order valence-corrected chi connectivity index (χ3v) is 8.54. The topological polar surface area (TPSA) is 88.4 Å². The summed E-state index contributed by atoms with van der Waals surface area (Å²) >= 11 is 0. The third kappa shape index (κ3) is 4.10. The number of carbonyl (C=O) groups is 1. The minimum absolute atomic E-state index is 0.147. The van der Waals surface area contributed by atoms with Crippen molar-refractivity contribution in [3.05, 3.63) is 46.8 Å². The van der Waals surface area contributed by atoms with E-state index in [0.29, 0.717) is 62.5 Å². The van der Waals surface area contributed by atoms with Gasteiger partial charge < -0.3 is 9.47 Å². The van der Waals surface area contributed by atoms with Gasteiger partial charge in [-0.1, -0.05) is 6.07 Å². The predicted octanol–water partition coefficient (Wildman–Crippen LogP) is 2.30. The lowest BCUT2D eigenvalue weighted by atomic mass is 9.97. The number of benzene rings is 1. The molecule has 4 rings (SSSR count). The van der Waals surface area contributed by atoms with Gasteiger partial charge >= 0.3 is 0 Å². The van der Waals surface area contributed by atoms with Gasteiger partial charge in [-0.3, -0.25) is 4.79 Å². The fraction of sp³-hybridized carbons (Fsp3) is 0.571. The Hall–Kier alpha value is -2.33. The van der Waals surface area contributed by atoms with Crippen molar-refractivity contribution in [2.45, 2.75) is 57.9 Å². The third-order valence-electron chi connectivity index (χ3n) is 6.26. The van der Waals surface area contributed by atoms with Crippen molar-refractivity contribution in [2.75, 3.05) is 19.6 Å². The van der Waals surface area contributed by atoms with E-state index >= 15 is 0 Å². The van der Waals surface area contributed by atoms with Crippen LogP contribution in [-0.2, 0) is 23.1 Å². The lowest BCUT2D eigenvalue weighted by Gasteiger charge is -2.33. The smallest absolute Gasteiger partial charge is 0.254 e. The highest BCUT2D eigenvalue weighted by atomic mass is 32.2. The second-order valence-corrected chi connectivity index (χ2v) is 11.1. The predicted molar refractivity (Wildman–Crippen MR) is 114 cm³/mol. The fourth-order valence-electron chi connectivity index (χ4n) is 4.23. The van der Waals surface area contributed by atoms with Gasteiger partial charge in [0.05, 0.1) is 11.8 Å². The maximum Gasteiger partial charge on any atom is 0.254 e. The number of fused-ring (bicyclic) bond motifs is 1. The molecular formula is C21H28FN5O3S. The number of rotatable bonds is 4. The summed E-state index contributed by atoms with van der Waals surface area (Å²) in [6, 6.07) is 4.53. The zero-order valence-electron chi connectivity index (χ0n) is 18.1. The average Bonchev–Trinajstić information content (AvgIpc) is 3.18. The SMILES string of the molecule is Cc1ccc(C(=O)N2CCn3c(nnc3C3CCN(S(=O)(=O)C(C)C)CC3)C2)cc1F. The molecule has 2 aliphatic rings. The Labute approximate surface area is 182 Å². The number of hydrogen-bond acceptors (Lipinski definition) is 5. The molecule has 0 unspecified atom stereocenters. The van der Waals surface area contributed by atoms with Gasteiger partial charge in [-0.2, -0.15) is 0 Å². The molecule has 31 heavy (non-hydrogen) atoms. The molecule has 168 valence electrons. The zero-order valence-corrected chi connectivity index (χ0v) is 18.9. The quantitative estimate of drug-likeness (QED) is 0.715. The van der Waals surface area contributed by atoms with Crippen LogP contribution in [0.1, 0.15) is 60.2 Å². The van der Waals surface area contributed by atoms with Crippen molar-refractivity contribution in [3.63, 3.8) is 0 Å². The molecule has 0 aliphatic carbocycles. The van der Waals surface area contributed by atoms with Gasteiger partial charge in [-0.15, -0.1) is 10.2 Å². The monoisotopic (exact) mass is 449 g/mol. The van der Waals surface area contributed by atoms with Crippen molar-refractivity contribution < 1.29 is 17.6 Å². The number of amides is 1. The molecule has 3 heterocycles. The normalized spacial score (nSPS) is 18.4. The van der Waals surface area contributed by atoms with E-state index in [9.17, 15) is 17.6 Å². The number of halogens is 1. The van der Waals surface area contributed by atoms with Crippen molar-refractivity contribution in [1.29, 1.82) is 0 Å². The van der Waals surface area contributed by atoms with Gasteiger partial charge in [-0.25, -0.2) is 17.1 Å². The second kappa shape index (κ2) is 8.31. The van der Waals surface area contributed by atoms with Gasteiger partial charge in [0.15, 0.2) is 5.82 Å². The van der Waals surface area contributed by atoms with Crippen LogP contribution in [-0.4, -0.2) is 63.2 Å². The highest BCUT2D eigenvalue weighted by Crippen LogP contribution is 2.30. The zero-order chi connectivity index (χ0) is 22.3. The van der Waals surface area contributed by atoms with Gasteiger partial charge in [0, 0.05) is 37.7 Å². The molecule has 0 atom stereocenters. The molecule has 2 aromatic rings. The molecule has 0 spiro atoms. The van der Waals surface area contributed by atoms with Gasteiger partial charge in [0.2, 0.25) is 10.0 Å². The minimum Gasteiger partial charge on any atom is -0.329 e. The fourth-order valence-corrected chi connectivity index (χ4v) is 5.55. The maximum absolute atomic E-state index is 13.9. The number of aromatic nitrogens is 3. The average molecular weight is 450 g/mol. The van der Waals surface area contributed by atoms with Gasteiger partial charge in [0.25, 0.3) is 5.91 Å². The number of hydrogen-bond donors (Lipinski definition) is 0. The lowest BCUT2D eigenvalue weighted by Crippen LogP contribution is -2.42. The summed E-state index contributed by atoms with van der Waals surface area (Å²) in [4.78, 5) is 14.5. The van der Waals surface area contributed by atoms with E-state index in [1.54, 1.807) is 42.1 Å². The molecule has 0 N–H and O–H groups in total. The van der Waals surface area contributed by atoms with Crippen LogP contribution < -0.4 is 0 Å². The Balaban J connectivity index is 1.44. The van der Waals surface area contributed by atoms with Gasteiger partial charge in [-0.05, 0) is 51.3 Å². The van der Waals surface area contributed by atoms with Crippen LogP contribution >= 0.6 is 0 Å². The van der Waals surface area contributed by atoms with Crippen LogP contribution in [0.5, 0.6) is 0 Å². The summed E-state index contributed by atoms with van der Waals surface area (Å²) in [5.74, 6) is 1.11.